The highest BCUT2D eigenvalue weighted by Gasteiger charge is 2.25. The number of likely N-dealkylation sites (N-methyl/N-ethyl adjacent to an activating group) is 1. The molecule has 2 atom stereocenters. The van der Waals surface area contributed by atoms with Gasteiger partial charge in [0.05, 0.1) is 34.4 Å². The van der Waals surface area contributed by atoms with Gasteiger partial charge in [0.2, 0.25) is 0 Å². The Morgan fingerprint density at radius 2 is 0.711 bits per heavy atom. The molecule has 9 nitrogen and oxygen atoms in total. The maximum Gasteiger partial charge on any atom is 0.361 e. The number of rotatable bonds is 61. The zero-order valence-electron chi connectivity index (χ0n) is 50.9. The fourth-order valence-electron chi connectivity index (χ4n) is 9.57. The van der Waals surface area contributed by atoms with Crippen molar-refractivity contribution in [1.29, 1.82) is 0 Å². The van der Waals surface area contributed by atoms with Crippen LogP contribution in [0.3, 0.4) is 0 Å². The molecule has 0 spiro atoms. The molecule has 0 bridgehead atoms. The highest BCUT2D eigenvalue weighted by atomic mass is 16.7. The van der Waals surface area contributed by atoms with Crippen molar-refractivity contribution in [3.8, 4) is 0 Å². The first-order valence-electron chi connectivity index (χ1n) is 32.7. The molecular weight excluding hydrogens is 947 g/mol. The van der Waals surface area contributed by atoms with Crippen molar-refractivity contribution < 1.29 is 42.9 Å². The zero-order chi connectivity index (χ0) is 55.5. The van der Waals surface area contributed by atoms with Crippen molar-refractivity contribution in [3.05, 3.63) is 36.5 Å². The normalized spacial score (nSPS) is 12.9. The summed E-state index contributed by atoms with van der Waals surface area (Å²) >= 11 is 0. The van der Waals surface area contributed by atoms with Crippen molar-refractivity contribution in [2.45, 2.75) is 328 Å². The van der Waals surface area contributed by atoms with Gasteiger partial charge in [0.1, 0.15) is 13.2 Å². The van der Waals surface area contributed by atoms with Crippen LogP contribution in [-0.4, -0.2) is 87.4 Å². The monoisotopic (exact) mass is 1070 g/mol. The Morgan fingerprint density at radius 3 is 1.07 bits per heavy atom. The van der Waals surface area contributed by atoms with Gasteiger partial charge >= 0.3 is 17.9 Å². The Morgan fingerprint density at radius 1 is 0.395 bits per heavy atom. The van der Waals surface area contributed by atoms with E-state index in [4.69, 9.17) is 18.9 Å². The van der Waals surface area contributed by atoms with Crippen LogP contribution in [0.15, 0.2) is 36.5 Å². The highest BCUT2D eigenvalue weighted by Crippen LogP contribution is 2.18. The van der Waals surface area contributed by atoms with E-state index < -0.39 is 24.3 Å². The zero-order valence-corrected chi connectivity index (χ0v) is 50.9. The van der Waals surface area contributed by atoms with Crippen molar-refractivity contribution >= 4 is 17.9 Å². The number of carbonyl (C=O) groups excluding carboxylic acids is 2. The van der Waals surface area contributed by atoms with Crippen LogP contribution in [-0.2, 0) is 33.3 Å². The molecule has 2 unspecified atom stereocenters. The third kappa shape index (κ3) is 59.2. The molecule has 1 N–H and O–H groups in total. The molecule has 9 heteroatoms. The quantitative estimate of drug-likeness (QED) is 0.0211. The Hall–Kier alpha value is -2.49. The molecule has 0 aromatic heterocycles. The summed E-state index contributed by atoms with van der Waals surface area (Å²) in [4.78, 5) is 37.5. The molecule has 0 aliphatic rings. The van der Waals surface area contributed by atoms with Crippen molar-refractivity contribution in [2.75, 3.05) is 47.5 Å². The van der Waals surface area contributed by atoms with Crippen LogP contribution in [0.4, 0.5) is 0 Å². The number of carboxylic acids is 1. The number of quaternary nitrogens is 1. The summed E-state index contributed by atoms with van der Waals surface area (Å²) in [5.41, 5.74) is 0. The van der Waals surface area contributed by atoms with Gasteiger partial charge in [0.25, 0.3) is 6.29 Å². The standard InChI is InChI=1S/C67H125NO8/c1-6-8-10-12-14-16-18-20-22-24-26-27-28-29-30-31-32-33-34-35-36-37-38-39-40-42-43-45-47-49-51-53-55-57-64(69)74-61-63(62-75-67(66(71)72)73-60-59-68(3,4)5)76-65(70)58-56-54-52-50-48-46-44-41-25-23-21-19-17-15-13-11-9-7-2/h17,19,23-26,63,67H,6-16,18,20-22,27-62H2,1-5H3/p+1/b19-17-,25-23-,26-24-. The van der Waals surface area contributed by atoms with E-state index in [1.54, 1.807) is 0 Å². The largest absolute Gasteiger partial charge is 0.477 e. The first-order valence-corrected chi connectivity index (χ1v) is 32.7. The molecule has 0 saturated heterocycles. The van der Waals surface area contributed by atoms with E-state index in [1.807, 2.05) is 21.1 Å². The number of carbonyl (C=O) groups is 3. The maximum atomic E-state index is 12.9. The molecule has 0 aliphatic heterocycles. The molecule has 0 aromatic carbocycles. The number of allylic oxidation sites excluding steroid dienone is 6. The van der Waals surface area contributed by atoms with Gasteiger partial charge in [-0.1, -0.05) is 269 Å². The predicted molar refractivity (Wildman–Crippen MR) is 323 cm³/mol. The SMILES string of the molecule is CCCCCC/C=C\C/C=C\CCCCCCCCCC(=O)OC(COC(=O)CCCCCCCCCCCCCCCCCCCCCCC/C=C\CCCCCCCCCC)COC(OCC[N+](C)(C)C)C(=O)O. The fourth-order valence-corrected chi connectivity index (χ4v) is 9.57. The summed E-state index contributed by atoms with van der Waals surface area (Å²) in [6.07, 6.45) is 69.7. The lowest BCUT2D eigenvalue weighted by Crippen LogP contribution is -2.40. The van der Waals surface area contributed by atoms with Crippen molar-refractivity contribution in [1.82, 2.24) is 0 Å². The van der Waals surface area contributed by atoms with E-state index in [0.717, 1.165) is 51.4 Å². The Kier molecular flexibility index (Phi) is 56.7. The third-order valence-corrected chi connectivity index (χ3v) is 14.6. The summed E-state index contributed by atoms with van der Waals surface area (Å²) in [6.45, 7) is 4.90. The highest BCUT2D eigenvalue weighted by molar-refractivity contribution is 5.71. The van der Waals surface area contributed by atoms with E-state index >= 15 is 0 Å². The molecule has 0 radical (unpaired) electrons. The molecule has 0 fully saturated rings. The molecule has 76 heavy (non-hydrogen) atoms. The Bertz CT molecular complexity index is 1340. The van der Waals surface area contributed by atoms with Crippen LogP contribution in [0.2, 0.25) is 0 Å². The molecule has 0 heterocycles. The van der Waals surface area contributed by atoms with E-state index in [2.05, 4.69) is 50.3 Å². The van der Waals surface area contributed by atoms with Gasteiger partial charge in [-0.3, -0.25) is 9.59 Å². The first kappa shape index (κ1) is 73.5. The van der Waals surface area contributed by atoms with Crippen LogP contribution in [0, 0.1) is 0 Å². The average Bonchev–Trinajstić information content (AvgIpc) is 3.39. The number of aliphatic carboxylic acids is 1. The number of unbranched alkanes of at least 4 members (excludes halogenated alkanes) is 40. The van der Waals surface area contributed by atoms with Gasteiger partial charge in [0.15, 0.2) is 6.10 Å². The first-order chi connectivity index (χ1) is 37.1. The van der Waals surface area contributed by atoms with Gasteiger partial charge in [-0.25, -0.2) is 4.79 Å². The second kappa shape index (κ2) is 58.7. The van der Waals surface area contributed by atoms with Gasteiger partial charge in [0, 0.05) is 12.8 Å². The van der Waals surface area contributed by atoms with Gasteiger partial charge in [-0.15, -0.1) is 0 Å². The van der Waals surface area contributed by atoms with Crippen LogP contribution in [0.5, 0.6) is 0 Å². The summed E-state index contributed by atoms with van der Waals surface area (Å²) in [5, 5.41) is 9.71. The fraction of sp³-hybridized carbons (Fsp3) is 0.866. The molecule has 0 amide bonds. The molecular formula is C67H126NO8+. The number of nitrogens with zero attached hydrogens (tertiary/aromatic N) is 1. The van der Waals surface area contributed by atoms with E-state index in [1.165, 1.54) is 231 Å². The molecule has 0 aromatic rings. The third-order valence-electron chi connectivity index (χ3n) is 14.6. The molecule has 0 rings (SSSR count). The summed E-state index contributed by atoms with van der Waals surface area (Å²) < 4.78 is 22.9. The lowest BCUT2D eigenvalue weighted by molar-refractivity contribution is -0.870. The number of hydrogen-bond acceptors (Lipinski definition) is 7. The van der Waals surface area contributed by atoms with Gasteiger partial charge < -0.3 is 28.5 Å². The van der Waals surface area contributed by atoms with E-state index in [-0.39, 0.29) is 32.2 Å². The van der Waals surface area contributed by atoms with E-state index in [0.29, 0.717) is 23.9 Å². The van der Waals surface area contributed by atoms with Crippen LogP contribution < -0.4 is 0 Å². The predicted octanol–water partition coefficient (Wildman–Crippen LogP) is 19.6. The minimum absolute atomic E-state index is 0.181. The second-order valence-corrected chi connectivity index (χ2v) is 23.4. The van der Waals surface area contributed by atoms with Crippen LogP contribution >= 0.6 is 0 Å². The Labute approximate surface area is 470 Å². The molecule has 0 aliphatic carbocycles. The van der Waals surface area contributed by atoms with Gasteiger partial charge in [-0.2, -0.15) is 0 Å². The summed E-state index contributed by atoms with van der Waals surface area (Å²) in [5.74, 6) is -2.00. The maximum absolute atomic E-state index is 12.9. The minimum Gasteiger partial charge on any atom is -0.477 e. The lowest BCUT2D eigenvalue weighted by atomic mass is 10.0. The van der Waals surface area contributed by atoms with Crippen molar-refractivity contribution in [2.24, 2.45) is 0 Å². The van der Waals surface area contributed by atoms with Crippen LogP contribution in [0.1, 0.15) is 316 Å². The minimum atomic E-state index is -1.51. The molecule has 446 valence electrons. The smallest absolute Gasteiger partial charge is 0.361 e. The number of ether oxygens (including phenoxy) is 4. The summed E-state index contributed by atoms with van der Waals surface area (Å²) in [7, 11) is 5.98. The number of esters is 2. The van der Waals surface area contributed by atoms with Crippen molar-refractivity contribution in [3.63, 3.8) is 0 Å². The Balaban J connectivity index is 4.05. The summed E-state index contributed by atoms with van der Waals surface area (Å²) in [6, 6.07) is 0. The average molecular weight is 1070 g/mol. The number of carboxylic acid groups (broad SMARTS) is 1. The topological polar surface area (TPSA) is 108 Å². The number of hydrogen-bond donors (Lipinski definition) is 1. The lowest BCUT2D eigenvalue weighted by Gasteiger charge is -2.25. The second-order valence-electron chi connectivity index (χ2n) is 23.4. The van der Waals surface area contributed by atoms with Crippen LogP contribution in [0.25, 0.3) is 0 Å². The molecule has 0 saturated carbocycles. The van der Waals surface area contributed by atoms with E-state index in [9.17, 15) is 19.5 Å². The van der Waals surface area contributed by atoms with Gasteiger partial charge in [-0.05, 0) is 70.6 Å².